The second-order valence-electron chi connectivity index (χ2n) is 4.75. The summed E-state index contributed by atoms with van der Waals surface area (Å²) in [5.41, 5.74) is 1.46. The fourth-order valence-electron chi connectivity index (χ4n) is 1.44. The lowest BCUT2D eigenvalue weighted by molar-refractivity contribution is 0.0738. The predicted octanol–water partition coefficient (Wildman–Crippen LogP) is 6.65. The molecule has 0 aliphatic rings. The van der Waals surface area contributed by atoms with Crippen LogP contribution >= 0.6 is 0 Å². The highest BCUT2D eigenvalue weighted by Crippen LogP contribution is 2.17. The van der Waals surface area contributed by atoms with Gasteiger partial charge in [-0.05, 0) is 39.0 Å². The number of hydrogen-bond acceptors (Lipinski definition) is 1. The second kappa shape index (κ2) is 27.4. The van der Waals surface area contributed by atoms with Crippen LogP contribution < -0.4 is 0 Å². The van der Waals surface area contributed by atoms with E-state index in [9.17, 15) is 0 Å². The molecule has 1 unspecified atom stereocenters. The van der Waals surface area contributed by atoms with Crippen LogP contribution in [-0.4, -0.2) is 13.2 Å². The molecule has 126 valence electrons. The first-order chi connectivity index (χ1) is 10.0. The molecule has 0 bridgehead atoms. The molecule has 0 aliphatic heterocycles. The molecule has 0 fully saturated rings. The minimum absolute atomic E-state index is 0.345. The van der Waals surface area contributed by atoms with Gasteiger partial charge in [0.05, 0.1) is 6.10 Å². The molecular weight excluding hydrogens is 256 g/mol. The Morgan fingerprint density at radius 1 is 1.14 bits per heavy atom. The number of allylic oxidation sites excluding steroid dienone is 3. The molecule has 0 spiro atoms. The van der Waals surface area contributed by atoms with Gasteiger partial charge in [-0.2, -0.15) is 0 Å². The number of terminal acetylenes is 1. The summed E-state index contributed by atoms with van der Waals surface area (Å²) < 4.78 is 5.30. The minimum atomic E-state index is 0.345. The zero-order valence-corrected chi connectivity index (χ0v) is 15.9. The molecule has 0 amide bonds. The minimum Gasteiger partial charge on any atom is -0.381 e. The first-order valence-corrected chi connectivity index (χ1v) is 8.15. The highest BCUT2D eigenvalue weighted by Gasteiger charge is 2.10. The molecule has 0 aromatic rings. The highest BCUT2D eigenvalue weighted by molar-refractivity contribution is 5.00. The summed E-state index contributed by atoms with van der Waals surface area (Å²) >= 11 is 0. The average Bonchev–Trinajstić information content (AvgIpc) is 2.51. The summed E-state index contributed by atoms with van der Waals surface area (Å²) in [6.45, 7) is 18.5. The Morgan fingerprint density at radius 3 is 1.90 bits per heavy atom. The van der Waals surface area contributed by atoms with Crippen molar-refractivity contribution in [2.24, 2.45) is 5.92 Å². The maximum Gasteiger partial charge on any atom is 0.0571 e. The molecule has 2 atom stereocenters. The van der Waals surface area contributed by atoms with E-state index in [4.69, 9.17) is 4.74 Å². The molecule has 0 aromatic carbocycles. The number of hydrogen-bond donors (Lipinski definition) is 0. The zero-order chi connectivity index (χ0) is 17.7. The smallest absolute Gasteiger partial charge is 0.0571 e. The van der Waals surface area contributed by atoms with Crippen molar-refractivity contribution in [1.82, 2.24) is 0 Å². The summed E-state index contributed by atoms with van der Waals surface area (Å²) in [7, 11) is 1.78. The van der Waals surface area contributed by atoms with Gasteiger partial charge < -0.3 is 4.74 Å². The van der Waals surface area contributed by atoms with Gasteiger partial charge in [-0.15, -0.1) is 19.4 Å². The van der Waals surface area contributed by atoms with Crippen molar-refractivity contribution in [3.05, 3.63) is 24.3 Å². The van der Waals surface area contributed by atoms with Crippen molar-refractivity contribution < 1.29 is 4.74 Å². The Kier molecular flexibility index (Phi) is 36.7. The molecule has 0 saturated heterocycles. The van der Waals surface area contributed by atoms with Crippen molar-refractivity contribution >= 4 is 0 Å². The van der Waals surface area contributed by atoms with Gasteiger partial charge in [0.15, 0.2) is 0 Å². The summed E-state index contributed by atoms with van der Waals surface area (Å²) in [6, 6.07) is 0. The molecular formula is C20H40O. The van der Waals surface area contributed by atoms with E-state index in [0.29, 0.717) is 12.0 Å². The molecule has 0 saturated carbocycles. The Morgan fingerprint density at radius 2 is 1.57 bits per heavy atom. The summed E-state index contributed by atoms with van der Waals surface area (Å²) in [4.78, 5) is 0. The molecule has 0 rings (SSSR count). The van der Waals surface area contributed by atoms with Crippen molar-refractivity contribution in [2.75, 3.05) is 7.11 Å². The normalized spacial score (nSPS) is 12.2. The monoisotopic (exact) mass is 296 g/mol. The van der Waals surface area contributed by atoms with Gasteiger partial charge in [-0.25, -0.2) is 0 Å². The van der Waals surface area contributed by atoms with Gasteiger partial charge in [-0.1, -0.05) is 58.8 Å². The van der Waals surface area contributed by atoms with Gasteiger partial charge >= 0.3 is 0 Å². The quantitative estimate of drug-likeness (QED) is 0.290. The van der Waals surface area contributed by atoms with Gasteiger partial charge in [0.25, 0.3) is 0 Å². The molecule has 21 heavy (non-hydrogen) atoms. The van der Waals surface area contributed by atoms with Crippen molar-refractivity contribution in [2.45, 2.75) is 80.3 Å². The van der Waals surface area contributed by atoms with E-state index >= 15 is 0 Å². The lowest BCUT2D eigenvalue weighted by Crippen LogP contribution is -2.16. The predicted molar refractivity (Wildman–Crippen MR) is 101 cm³/mol. The topological polar surface area (TPSA) is 9.23 Å². The number of ether oxygens (including phenoxy) is 1. The maximum absolute atomic E-state index is 5.30. The van der Waals surface area contributed by atoms with E-state index in [1.165, 1.54) is 12.0 Å². The Balaban J connectivity index is -0.000000176. The van der Waals surface area contributed by atoms with Gasteiger partial charge in [0.2, 0.25) is 0 Å². The third-order valence-electron chi connectivity index (χ3n) is 2.68. The van der Waals surface area contributed by atoms with Crippen molar-refractivity contribution in [3.63, 3.8) is 0 Å². The Bertz CT molecular complexity index is 225. The van der Waals surface area contributed by atoms with Crippen LogP contribution in [0.15, 0.2) is 24.3 Å². The Labute approximate surface area is 135 Å². The fraction of sp³-hybridized carbons (Fsp3) is 0.700. The van der Waals surface area contributed by atoms with E-state index < -0.39 is 0 Å². The van der Waals surface area contributed by atoms with Gasteiger partial charge in [0, 0.05) is 7.11 Å². The van der Waals surface area contributed by atoms with Crippen LogP contribution in [0.1, 0.15) is 74.1 Å². The lowest BCUT2D eigenvalue weighted by atomic mass is 9.96. The first kappa shape index (κ1) is 28.2. The maximum atomic E-state index is 5.30. The van der Waals surface area contributed by atoms with Crippen LogP contribution in [0.3, 0.4) is 0 Å². The average molecular weight is 297 g/mol. The SMILES string of the molecule is C#C.C=CCC/C=C(\C)CC(C)[C@H](C)OC.CC.CCC. The van der Waals surface area contributed by atoms with Crippen LogP contribution in [0, 0.1) is 18.8 Å². The zero-order valence-electron chi connectivity index (χ0n) is 15.9. The van der Waals surface area contributed by atoms with Crippen LogP contribution in [0.4, 0.5) is 0 Å². The molecule has 0 heterocycles. The largest absolute Gasteiger partial charge is 0.381 e. The van der Waals surface area contributed by atoms with E-state index in [1.807, 2.05) is 19.9 Å². The third-order valence-corrected chi connectivity index (χ3v) is 2.68. The van der Waals surface area contributed by atoms with Crippen LogP contribution in [0.25, 0.3) is 0 Å². The number of methoxy groups -OCH3 is 1. The van der Waals surface area contributed by atoms with Crippen LogP contribution in [-0.2, 0) is 4.74 Å². The van der Waals surface area contributed by atoms with Gasteiger partial charge in [0.1, 0.15) is 0 Å². The van der Waals surface area contributed by atoms with Crippen LogP contribution in [0.2, 0.25) is 0 Å². The number of unbranched alkanes of at least 4 members (excludes halogenated alkanes) is 1. The summed E-state index contributed by atoms with van der Waals surface area (Å²) in [5, 5.41) is 0. The molecule has 0 aliphatic carbocycles. The number of rotatable bonds is 7. The summed E-state index contributed by atoms with van der Waals surface area (Å²) in [5.74, 6) is 0.597. The van der Waals surface area contributed by atoms with Gasteiger partial charge in [-0.3, -0.25) is 0 Å². The molecule has 0 N–H and O–H groups in total. The van der Waals surface area contributed by atoms with E-state index in [2.05, 4.69) is 60.1 Å². The van der Waals surface area contributed by atoms with E-state index in [-0.39, 0.29) is 0 Å². The lowest BCUT2D eigenvalue weighted by Gasteiger charge is -2.18. The fourth-order valence-corrected chi connectivity index (χ4v) is 1.44. The van der Waals surface area contributed by atoms with Crippen LogP contribution in [0.5, 0.6) is 0 Å². The van der Waals surface area contributed by atoms with E-state index in [0.717, 1.165) is 19.3 Å². The summed E-state index contributed by atoms with van der Waals surface area (Å²) in [6.07, 6.45) is 17.2. The van der Waals surface area contributed by atoms with Crippen molar-refractivity contribution in [3.8, 4) is 12.8 Å². The highest BCUT2D eigenvalue weighted by atomic mass is 16.5. The van der Waals surface area contributed by atoms with E-state index in [1.54, 1.807) is 7.11 Å². The molecule has 0 aromatic heterocycles. The molecule has 0 radical (unpaired) electrons. The Hall–Kier alpha value is -1.00. The molecule has 1 heteroatoms. The second-order valence-corrected chi connectivity index (χ2v) is 4.75. The molecule has 1 nitrogen and oxygen atoms in total. The standard InChI is InChI=1S/C13H24O.C3H8.C2H6.C2H2/c1-6-7-8-9-11(2)10-12(3)13(4)14-5;1-3-2;2*1-2/h6,9,12-13H,1,7-8,10H2,2-5H3;3H2,1-2H3;1-2H3;1-2H/b11-9+;;;/t12?,13-;;;/m0.../s1. The van der Waals surface area contributed by atoms with Crippen molar-refractivity contribution in [1.29, 1.82) is 0 Å². The first-order valence-electron chi connectivity index (χ1n) is 8.15. The third kappa shape index (κ3) is 28.0.